The first-order chi connectivity index (χ1) is 3.71. The first kappa shape index (κ1) is 13.8. The molecular formula is H5CaO7PS. The Balaban J connectivity index is -0.000000107. The van der Waals surface area contributed by atoms with Crippen LogP contribution in [0.4, 0.5) is 0 Å². The Kier molecular flexibility index (Phi) is 6.01. The van der Waals surface area contributed by atoms with Gasteiger partial charge in [-0.15, -0.1) is 3.97 Å². The molecule has 3 N–H and O–H groups in total. The van der Waals surface area contributed by atoms with Crippen molar-refractivity contribution in [2.24, 2.45) is 0 Å². The summed E-state index contributed by atoms with van der Waals surface area (Å²) in [7, 11) is -10.2. The number of phosphoric acid groups is 1. The van der Waals surface area contributed by atoms with Crippen molar-refractivity contribution in [2.75, 3.05) is 0 Å². The van der Waals surface area contributed by atoms with Gasteiger partial charge in [0, 0.05) is 0 Å². The van der Waals surface area contributed by atoms with E-state index in [0.717, 1.165) is 0 Å². The second-order valence-electron chi connectivity index (χ2n) is 0.993. The topological polar surface area (TPSA) is 121 Å². The van der Waals surface area contributed by atoms with Gasteiger partial charge in [0.05, 0.1) is 0 Å². The van der Waals surface area contributed by atoms with Gasteiger partial charge in [0.25, 0.3) is 0 Å². The first-order valence-corrected chi connectivity index (χ1v) is 4.34. The maximum absolute atomic E-state index is 9.58. The van der Waals surface area contributed by atoms with Crippen molar-refractivity contribution in [1.82, 2.24) is 0 Å². The zero-order valence-corrected chi connectivity index (χ0v) is 8.46. The predicted molar refractivity (Wildman–Crippen MR) is 32.7 cm³/mol. The zero-order valence-electron chi connectivity index (χ0n) is 6.54. The molecule has 0 heterocycles. The molecule has 0 atom stereocenters. The molecule has 0 saturated heterocycles. The second-order valence-corrected chi connectivity index (χ2v) is 3.43. The van der Waals surface area contributed by atoms with E-state index in [9.17, 15) is 13.0 Å². The first-order valence-electron chi connectivity index (χ1n) is 1.45. The molecule has 0 aliphatic carbocycles. The molecule has 0 unspecified atom stereocenters. The second kappa shape index (κ2) is 4.34. The zero-order chi connectivity index (χ0) is 7.71. The van der Waals surface area contributed by atoms with Crippen LogP contribution < -0.4 is 0 Å². The van der Waals surface area contributed by atoms with Gasteiger partial charge in [0.1, 0.15) is 0 Å². The molecule has 0 aromatic rings. The number of hydrogen-bond acceptors (Lipinski definition) is 4. The summed E-state index contributed by atoms with van der Waals surface area (Å²) < 4.78 is 39.0. The fourth-order valence-corrected chi connectivity index (χ4v) is 1.10. The maximum Gasteiger partial charge on any atom is 2.00 e. The van der Waals surface area contributed by atoms with Crippen molar-refractivity contribution in [3.63, 3.8) is 0 Å². The van der Waals surface area contributed by atoms with E-state index in [1.165, 1.54) is 0 Å². The van der Waals surface area contributed by atoms with Gasteiger partial charge in [0.15, 0.2) is 0 Å². The summed E-state index contributed by atoms with van der Waals surface area (Å²) in [4.78, 5) is 15.4. The molecule has 0 amide bonds. The molecule has 10 heteroatoms. The molecule has 10 heavy (non-hydrogen) atoms. The van der Waals surface area contributed by atoms with Gasteiger partial charge in [0.2, 0.25) is 0 Å². The van der Waals surface area contributed by atoms with Crippen molar-refractivity contribution in [3.8, 4) is 0 Å². The van der Waals surface area contributed by atoms with Crippen LogP contribution in [0, 0.1) is 0 Å². The van der Waals surface area contributed by atoms with Crippen LogP contribution in [0.5, 0.6) is 0 Å². The molecule has 0 bridgehead atoms. The fraction of sp³-hybridized carbons (Fsp3) is 0. The SMILES string of the molecule is O=P(O)(O)OS(=O)(=O)O.[Ca+2].[H-].[H-]. The molecule has 0 aromatic heterocycles. The van der Waals surface area contributed by atoms with Crippen LogP contribution in [-0.2, 0) is 18.9 Å². The van der Waals surface area contributed by atoms with E-state index >= 15 is 0 Å². The minimum Gasteiger partial charge on any atom is -1.00 e. The summed E-state index contributed by atoms with van der Waals surface area (Å²) in [5.74, 6) is 0. The molecule has 0 radical (unpaired) electrons. The third-order valence-corrected chi connectivity index (χ3v) is 1.72. The fourth-order valence-electron chi connectivity index (χ4n) is 0.123. The van der Waals surface area contributed by atoms with E-state index in [-0.39, 0.29) is 40.6 Å². The molecule has 0 rings (SSSR count). The van der Waals surface area contributed by atoms with Crippen molar-refractivity contribution in [1.29, 1.82) is 0 Å². The standard InChI is InChI=1S/Ca.H3O7PS.2H/c;1-8(2,3)7-9(4,5)6;;/h;(H2,1,2,3)(H,4,5,6);;/q+2;;2*-1. The Morgan fingerprint density at radius 3 is 1.70 bits per heavy atom. The van der Waals surface area contributed by atoms with Crippen LogP contribution in [0.25, 0.3) is 0 Å². The molecule has 7 nitrogen and oxygen atoms in total. The minimum atomic E-state index is -5.13. The van der Waals surface area contributed by atoms with Crippen molar-refractivity contribution >= 4 is 56.0 Å². The van der Waals surface area contributed by atoms with Gasteiger partial charge in [-0.05, 0) is 0 Å². The summed E-state index contributed by atoms with van der Waals surface area (Å²) >= 11 is 0. The van der Waals surface area contributed by atoms with Gasteiger partial charge >= 0.3 is 56.0 Å². The largest absolute Gasteiger partial charge is 2.00 e. The van der Waals surface area contributed by atoms with Gasteiger partial charge < -0.3 is 12.6 Å². The van der Waals surface area contributed by atoms with Crippen LogP contribution >= 0.6 is 7.82 Å². The molecule has 0 aliphatic heterocycles. The monoisotopic (exact) mass is 220 g/mol. The average Bonchev–Trinajstić information content (AvgIpc) is 1.14. The van der Waals surface area contributed by atoms with Crippen LogP contribution in [-0.4, -0.2) is 60.5 Å². The molecule has 0 spiro atoms. The van der Waals surface area contributed by atoms with E-state index in [0.29, 0.717) is 0 Å². The summed E-state index contributed by atoms with van der Waals surface area (Å²) in [6.45, 7) is 0. The molecule has 60 valence electrons. The Bertz CT molecular complexity index is 228. The van der Waals surface area contributed by atoms with E-state index < -0.39 is 18.2 Å². The predicted octanol–water partition coefficient (Wildman–Crippen LogP) is -1.26. The summed E-state index contributed by atoms with van der Waals surface area (Å²) in [6.07, 6.45) is 0. The summed E-state index contributed by atoms with van der Waals surface area (Å²) in [5, 5.41) is 0. The Morgan fingerprint density at radius 1 is 1.40 bits per heavy atom. The number of hydrogen-bond donors (Lipinski definition) is 3. The van der Waals surface area contributed by atoms with E-state index in [2.05, 4.69) is 3.97 Å². The molecular weight excluding hydrogens is 215 g/mol. The van der Waals surface area contributed by atoms with Crippen LogP contribution in [0.2, 0.25) is 0 Å². The van der Waals surface area contributed by atoms with E-state index in [1.54, 1.807) is 0 Å². The molecule has 0 aromatic carbocycles. The quantitative estimate of drug-likeness (QED) is 0.301. The molecule has 0 saturated carbocycles. The molecule has 0 aliphatic rings. The average molecular weight is 220 g/mol. The Morgan fingerprint density at radius 2 is 1.70 bits per heavy atom. The summed E-state index contributed by atoms with van der Waals surface area (Å²) in [5.41, 5.74) is 0. The van der Waals surface area contributed by atoms with Crippen LogP contribution in [0.15, 0.2) is 0 Å². The Labute approximate surface area is 89.5 Å². The molecule has 0 fully saturated rings. The normalized spacial score (nSPS) is 12.3. The van der Waals surface area contributed by atoms with Crippen LogP contribution in [0.3, 0.4) is 0 Å². The van der Waals surface area contributed by atoms with Crippen molar-refractivity contribution in [3.05, 3.63) is 0 Å². The third-order valence-electron chi connectivity index (χ3n) is 0.191. The van der Waals surface area contributed by atoms with E-state index in [4.69, 9.17) is 14.3 Å². The van der Waals surface area contributed by atoms with Gasteiger partial charge in [-0.1, -0.05) is 0 Å². The third kappa shape index (κ3) is 12.0. The van der Waals surface area contributed by atoms with Crippen LogP contribution in [0.1, 0.15) is 2.85 Å². The minimum absolute atomic E-state index is 0. The van der Waals surface area contributed by atoms with E-state index in [1.807, 2.05) is 0 Å². The number of rotatable bonds is 2. The van der Waals surface area contributed by atoms with Gasteiger partial charge in [-0.25, -0.2) is 4.57 Å². The van der Waals surface area contributed by atoms with Crippen molar-refractivity contribution in [2.45, 2.75) is 0 Å². The maximum atomic E-state index is 9.58. The smallest absolute Gasteiger partial charge is 1.00 e. The summed E-state index contributed by atoms with van der Waals surface area (Å²) in [6, 6.07) is 0. The van der Waals surface area contributed by atoms with Gasteiger partial charge in [-0.3, -0.25) is 4.55 Å². The van der Waals surface area contributed by atoms with Crippen molar-refractivity contribution < 1.29 is 34.1 Å². The Hall–Kier alpha value is 1.28. The van der Waals surface area contributed by atoms with Gasteiger partial charge in [-0.2, -0.15) is 8.42 Å².